The standard InChI is InChI=1S/C22H28N4O3.HI/c1-4-23-22(25-14-17-8-7-11-24-21(17)28-13-12-27-3)26-15-20-16(2)18-9-5-6-10-19(18)29-20;/h5-11H,4,12-15H2,1-3H3,(H2,23,25,26);1H. The van der Waals surface area contributed by atoms with Crippen LogP contribution in [0.3, 0.4) is 0 Å². The van der Waals surface area contributed by atoms with Gasteiger partial charge >= 0.3 is 0 Å². The monoisotopic (exact) mass is 524 g/mol. The number of aryl methyl sites for hydroxylation is 1. The predicted octanol–water partition coefficient (Wildman–Crippen LogP) is 4.03. The Labute approximate surface area is 194 Å². The zero-order valence-electron chi connectivity index (χ0n) is 17.6. The summed E-state index contributed by atoms with van der Waals surface area (Å²) in [7, 11) is 1.64. The van der Waals surface area contributed by atoms with Crippen molar-refractivity contribution >= 4 is 40.9 Å². The lowest BCUT2D eigenvalue weighted by Crippen LogP contribution is -2.36. The zero-order valence-corrected chi connectivity index (χ0v) is 19.9. The van der Waals surface area contributed by atoms with Gasteiger partial charge in [-0.3, -0.25) is 0 Å². The SMILES string of the molecule is CCNC(=NCc1cccnc1OCCOC)NCc1oc2ccccc2c1C.I. The van der Waals surface area contributed by atoms with Crippen LogP contribution in [0, 0.1) is 6.92 Å². The third-order valence-corrected chi connectivity index (χ3v) is 4.49. The second-order valence-electron chi connectivity index (χ2n) is 6.50. The minimum atomic E-state index is 0. The van der Waals surface area contributed by atoms with E-state index in [9.17, 15) is 0 Å². The Hall–Kier alpha value is -2.33. The van der Waals surface area contributed by atoms with Crippen LogP contribution >= 0.6 is 24.0 Å². The normalized spacial score (nSPS) is 11.2. The molecule has 0 atom stereocenters. The molecule has 0 spiro atoms. The van der Waals surface area contributed by atoms with Crippen LogP contribution < -0.4 is 15.4 Å². The van der Waals surface area contributed by atoms with E-state index in [0.29, 0.717) is 38.1 Å². The molecular formula is C22H29IN4O3. The van der Waals surface area contributed by atoms with Crippen molar-refractivity contribution in [2.75, 3.05) is 26.9 Å². The smallest absolute Gasteiger partial charge is 0.218 e. The average Bonchev–Trinajstić information content (AvgIpc) is 3.07. The van der Waals surface area contributed by atoms with Gasteiger partial charge in [-0.2, -0.15) is 0 Å². The summed E-state index contributed by atoms with van der Waals surface area (Å²) < 4.78 is 16.7. The lowest BCUT2D eigenvalue weighted by atomic mass is 10.1. The van der Waals surface area contributed by atoms with E-state index in [-0.39, 0.29) is 24.0 Å². The Morgan fingerprint density at radius 3 is 2.73 bits per heavy atom. The lowest BCUT2D eigenvalue weighted by Gasteiger charge is -2.12. The van der Waals surface area contributed by atoms with E-state index in [1.165, 1.54) is 0 Å². The first-order chi connectivity index (χ1) is 14.2. The number of pyridine rings is 1. The maximum Gasteiger partial charge on any atom is 0.218 e. The summed E-state index contributed by atoms with van der Waals surface area (Å²) in [5.41, 5.74) is 2.96. The maximum absolute atomic E-state index is 5.98. The molecule has 0 aliphatic rings. The number of rotatable bonds is 9. The fourth-order valence-corrected chi connectivity index (χ4v) is 2.96. The van der Waals surface area contributed by atoms with Gasteiger partial charge in [-0.1, -0.05) is 24.3 Å². The largest absolute Gasteiger partial charge is 0.475 e. The minimum Gasteiger partial charge on any atom is -0.475 e. The second kappa shape index (κ2) is 12.4. The van der Waals surface area contributed by atoms with Crippen LogP contribution in [0.25, 0.3) is 11.0 Å². The van der Waals surface area contributed by atoms with Crippen LogP contribution in [0.2, 0.25) is 0 Å². The summed E-state index contributed by atoms with van der Waals surface area (Å²) in [5.74, 6) is 2.19. The van der Waals surface area contributed by atoms with Gasteiger partial charge in [0.05, 0.1) is 19.7 Å². The van der Waals surface area contributed by atoms with Crippen molar-refractivity contribution in [1.29, 1.82) is 0 Å². The van der Waals surface area contributed by atoms with E-state index in [2.05, 4.69) is 33.6 Å². The highest BCUT2D eigenvalue weighted by molar-refractivity contribution is 14.0. The van der Waals surface area contributed by atoms with Gasteiger partial charge in [0.2, 0.25) is 5.88 Å². The van der Waals surface area contributed by atoms with Gasteiger partial charge in [0.15, 0.2) is 5.96 Å². The summed E-state index contributed by atoms with van der Waals surface area (Å²) in [6.07, 6.45) is 1.71. The molecule has 0 bridgehead atoms. The van der Waals surface area contributed by atoms with E-state index in [4.69, 9.17) is 13.9 Å². The molecule has 1 aromatic carbocycles. The van der Waals surface area contributed by atoms with Crippen LogP contribution in [0.4, 0.5) is 0 Å². The van der Waals surface area contributed by atoms with Crippen LogP contribution in [-0.4, -0.2) is 37.8 Å². The number of para-hydroxylation sites is 1. The van der Waals surface area contributed by atoms with Crippen molar-refractivity contribution in [3.05, 3.63) is 59.5 Å². The number of halogens is 1. The Kier molecular flexibility index (Phi) is 9.88. The number of guanidine groups is 1. The molecule has 0 unspecified atom stereocenters. The van der Waals surface area contributed by atoms with Gasteiger partial charge in [-0.25, -0.2) is 9.98 Å². The second-order valence-corrected chi connectivity index (χ2v) is 6.50. The fourth-order valence-electron chi connectivity index (χ4n) is 2.96. The molecule has 2 aromatic heterocycles. The van der Waals surface area contributed by atoms with Crippen LogP contribution in [0.15, 0.2) is 52.0 Å². The molecule has 2 N–H and O–H groups in total. The number of methoxy groups -OCH3 is 1. The number of fused-ring (bicyclic) bond motifs is 1. The molecule has 0 aliphatic carbocycles. The van der Waals surface area contributed by atoms with Gasteiger partial charge in [0, 0.05) is 36.4 Å². The van der Waals surface area contributed by atoms with Crippen molar-refractivity contribution < 1.29 is 13.9 Å². The van der Waals surface area contributed by atoms with Crippen LogP contribution in [0.5, 0.6) is 5.88 Å². The molecule has 2 heterocycles. The fraction of sp³-hybridized carbons (Fsp3) is 0.364. The van der Waals surface area contributed by atoms with Crippen LogP contribution in [0.1, 0.15) is 23.8 Å². The van der Waals surface area contributed by atoms with Crippen molar-refractivity contribution in [2.45, 2.75) is 26.9 Å². The van der Waals surface area contributed by atoms with Gasteiger partial charge in [-0.05, 0) is 26.0 Å². The summed E-state index contributed by atoms with van der Waals surface area (Å²) in [4.78, 5) is 8.97. The Morgan fingerprint density at radius 2 is 1.97 bits per heavy atom. The summed E-state index contributed by atoms with van der Waals surface area (Å²) >= 11 is 0. The average molecular weight is 524 g/mol. The molecule has 3 rings (SSSR count). The number of ether oxygens (including phenoxy) is 2. The summed E-state index contributed by atoms with van der Waals surface area (Å²) in [6.45, 7) is 6.84. The lowest BCUT2D eigenvalue weighted by molar-refractivity contribution is 0.143. The van der Waals surface area contributed by atoms with Crippen molar-refractivity contribution in [1.82, 2.24) is 15.6 Å². The number of benzene rings is 1. The van der Waals surface area contributed by atoms with Crippen molar-refractivity contribution in [2.24, 2.45) is 4.99 Å². The predicted molar refractivity (Wildman–Crippen MR) is 130 cm³/mol. The molecule has 0 radical (unpaired) electrons. The third kappa shape index (κ3) is 6.33. The number of aromatic nitrogens is 1. The van der Waals surface area contributed by atoms with Gasteiger partial charge in [-0.15, -0.1) is 24.0 Å². The first-order valence-corrected chi connectivity index (χ1v) is 9.77. The molecule has 3 aromatic rings. The van der Waals surface area contributed by atoms with E-state index >= 15 is 0 Å². The Balaban J connectivity index is 0.00000320. The highest BCUT2D eigenvalue weighted by Gasteiger charge is 2.11. The van der Waals surface area contributed by atoms with E-state index in [1.54, 1.807) is 13.3 Å². The Bertz CT molecular complexity index is 958. The van der Waals surface area contributed by atoms with Crippen molar-refractivity contribution in [3.63, 3.8) is 0 Å². The maximum atomic E-state index is 5.98. The molecule has 0 fully saturated rings. The van der Waals surface area contributed by atoms with Crippen molar-refractivity contribution in [3.8, 4) is 5.88 Å². The number of aliphatic imine (C=N–C) groups is 1. The van der Waals surface area contributed by atoms with E-state index in [1.807, 2.05) is 37.3 Å². The number of furan rings is 1. The van der Waals surface area contributed by atoms with Crippen LogP contribution in [-0.2, 0) is 17.8 Å². The molecule has 7 nitrogen and oxygen atoms in total. The number of hydrogen-bond donors (Lipinski definition) is 2. The topological polar surface area (TPSA) is 80.9 Å². The van der Waals surface area contributed by atoms with Gasteiger partial charge in [0.25, 0.3) is 0 Å². The molecule has 30 heavy (non-hydrogen) atoms. The highest BCUT2D eigenvalue weighted by atomic mass is 127. The molecular weight excluding hydrogens is 495 g/mol. The number of nitrogens with zero attached hydrogens (tertiary/aromatic N) is 2. The third-order valence-electron chi connectivity index (χ3n) is 4.49. The molecule has 8 heteroatoms. The summed E-state index contributed by atoms with van der Waals surface area (Å²) in [5, 5.41) is 7.75. The first kappa shape index (κ1) is 23.9. The molecule has 0 saturated carbocycles. The van der Waals surface area contributed by atoms with Gasteiger partial charge in [0.1, 0.15) is 18.0 Å². The first-order valence-electron chi connectivity index (χ1n) is 9.77. The quantitative estimate of drug-likeness (QED) is 0.191. The Morgan fingerprint density at radius 1 is 1.13 bits per heavy atom. The van der Waals surface area contributed by atoms with E-state index in [0.717, 1.165) is 34.4 Å². The van der Waals surface area contributed by atoms with E-state index < -0.39 is 0 Å². The van der Waals surface area contributed by atoms with Gasteiger partial charge < -0.3 is 24.5 Å². The number of hydrogen-bond acceptors (Lipinski definition) is 5. The molecule has 0 amide bonds. The zero-order chi connectivity index (χ0) is 20.5. The number of nitrogens with one attached hydrogen (secondary N) is 2. The molecule has 0 aliphatic heterocycles. The molecule has 162 valence electrons. The highest BCUT2D eigenvalue weighted by Crippen LogP contribution is 2.24. The minimum absolute atomic E-state index is 0. The summed E-state index contributed by atoms with van der Waals surface area (Å²) in [6, 6.07) is 11.9. The molecule has 0 saturated heterocycles.